The zero-order valence-corrected chi connectivity index (χ0v) is 12.6. The Morgan fingerprint density at radius 1 is 1.27 bits per heavy atom. The first-order valence-electron chi connectivity index (χ1n) is 6.57. The molecule has 0 N–H and O–H groups in total. The van der Waals surface area contributed by atoms with Crippen LogP contribution in [0.4, 0.5) is 0 Å². The van der Waals surface area contributed by atoms with Gasteiger partial charge in [-0.05, 0) is 36.7 Å². The Balaban J connectivity index is 1.74. The second-order valence-corrected chi connectivity index (χ2v) is 5.34. The number of hydrogen-bond acceptors (Lipinski definition) is 7. The number of rotatable bonds is 5. The lowest BCUT2D eigenvalue weighted by atomic mass is 10.2. The number of ether oxygens (including phenoxy) is 1. The number of aromatic nitrogens is 4. The molecule has 0 aliphatic rings. The van der Waals surface area contributed by atoms with Crippen molar-refractivity contribution in [2.24, 2.45) is 0 Å². The Hall–Kier alpha value is -2.67. The van der Waals surface area contributed by atoms with Crippen molar-refractivity contribution >= 4 is 17.3 Å². The van der Waals surface area contributed by atoms with Gasteiger partial charge in [0, 0.05) is 18.5 Å². The second kappa shape index (κ2) is 6.40. The van der Waals surface area contributed by atoms with Gasteiger partial charge >= 0.3 is 0 Å². The number of hydrogen-bond donors (Lipinski definition) is 0. The normalized spacial score (nSPS) is 10.4. The van der Waals surface area contributed by atoms with Gasteiger partial charge in [-0.15, -0.1) is 0 Å². The summed E-state index contributed by atoms with van der Waals surface area (Å²) in [5.74, 6) is 1.70. The van der Waals surface area contributed by atoms with E-state index in [1.54, 1.807) is 49.8 Å². The topological polar surface area (TPSA) is 77.9 Å². The molecule has 3 aromatic rings. The number of ketones is 1. The largest absolute Gasteiger partial charge is 0.456 e. The maximum Gasteiger partial charge on any atom is 0.188 e. The summed E-state index contributed by atoms with van der Waals surface area (Å²) in [5.41, 5.74) is 0.342. The molecular weight excluding hydrogens is 300 g/mol. The van der Waals surface area contributed by atoms with E-state index in [9.17, 15) is 4.79 Å². The van der Waals surface area contributed by atoms with Crippen LogP contribution in [0.5, 0.6) is 11.5 Å². The lowest BCUT2D eigenvalue weighted by Crippen LogP contribution is -2.06. The third-order valence-electron chi connectivity index (χ3n) is 2.77. The summed E-state index contributed by atoms with van der Waals surface area (Å²) < 4.78 is 9.71. The maximum absolute atomic E-state index is 12.2. The van der Waals surface area contributed by atoms with Crippen LogP contribution >= 0.6 is 11.5 Å². The third-order valence-corrected chi connectivity index (χ3v) is 3.57. The minimum atomic E-state index is -0.118. The van der Waals surface area contributed by atoms with Gasteiger partial charge in [-0.3, -0.25) is 14.8 Å². The van der Waals surface area contributed by atoms with Gasteiger partial charge in [0.25, 0.3) is 0 Å². The SMILES string of the molecule is Cc1nsc(CC(=O)c2cc(Oc3cccnc3)ccn2)n1. The molecule has 0 spiro atoms. The predicted octanol–water partition coefficient (Wildman–Crippen LogP) is 2.85. The number of pyridine rings is 2. The lowest BCUT2D eigenvalue weighted by molar-refractivity contribution is 0.0988. The summed E-state index contributed by atoms with van der Waals surface area (Å²) in [6, 6.07) is 6.88. The van der Waals surface area contributed by atoms with Crippen molar-refractivity contribution < 1.29 is 9.53 Å². The Morgan fingerprint density at radius 3 is 2.91 bits per heavy atom. The van der Waals surface area contributed by atoms with E-state index in [-0.39, 0.29) is 12.2 Å². The summed E-state index contributed by atoms with van der Waals surface area (Å²) in [6.07, 6.45) is 5.00. The van der Waals surface area contributed by atoms with Gasteiger partial charge in [-0.1, -0.05) is 0 Å². The first-order chi connectivity index (χ1) is 10.7. The highest BCUT2D eigenvalue weighted by molar-refractivity contribution is 7.05. The molecule has 0 amide bonds. The highest BCUT2D eigenvalue weighted by Gasteiger charge is 2.13. The molecule has 0 saturated carbocycles. The molecule has 3 rings (SSSR count). The van der Waals surface area contributed by atoms with Crippen molar-refractivity contribution in [2.45, 2.75) is 13.3 Å². The van der Waals surface area contributed by atoms with Crippen molar-refractivity contribution in [3.63, 3.8) is 0 Å². The van der Waals surface area contributed by atoms with Crippen molar-refractivity contribution in [3.05, 3.63) is 59.4 Å². The molecule has 0 bridgehead atoms. The smallest absolute Gasteiger partial charge is 0.188 e. The Bertz CT molecular complexity index is 789. The fourth-order valence-electron chi connectivity index (χ4n) is 1.81. The highest BCUT2D eigenvalue weighted by atomic mass is 32.1. The average molecular weight is 312 g/mol. The van der Waals surface area contributed by atoms with Crippen LogP contribution in [0, 0.1) is 6.92 Å². The molecule has 3 aromatic heterocycles. The van der Waals surface area contributed by atoms with Crippen molar-refractivity contribution in [3.8, 4) is 11.5 Å². The van der Waals surface area contributed by atoms with Crippen LogP contribution in [-0.4, -0.2) is 25.1 Å². The molecule has 0 unspecified atom stereocenters. The summed E-state index contributed by atoms with van der Waals surface area (Å²) in [5, 5.41) is 0.683. The highest BCUT2D eigenvalue weighted by Crippen LogP contribution is 2.20. The fraction of sp³-hybridized carbons (Fsp3) is 0.133. The van der Waals surface area contributed by atoms with E-state index in [4.69, 9.17) is 4.74 Å². The quantitative estimate of drug-likeness (QED) is 0.674. The molecule has 22 heavy (non-hydrogen) atoms. The molecule has 0 saturated heterocycles. The Morgan fingerprint density at radius 2 is 2.18 bits per heavy atom. The zero-order valence-electron chi connectivity index (χ0n) is 11.8. The molecule has 110 valence electrons. The fourth-order valence-corrected chi connectivity index (χ4v) is 2.46. The van der Waals surface area contributed by atoms with Gasteiger partial charge in [0.05, 0.1) is 12.6 Å². The average Bonchev–Trinajstić information content (AvgIpc) is 2.93. The van der Waals surface area contributed by atoms with Gasteiger partial charge < -0.3 is 4.74 Å². The van der Waals surface area contributed by atoms with E-state index in [1.807, 2.05) is 0 Å². The first kappa shape index (κ1) is 14.3. The molecule has 0 aliphatic carbocycles. The molecule has 6 nitrogen and oxygen atoms in total. The van der Waals surface area contributed by atoms with Gasteiger partial charge in [0.1, 0.15) is 28.0 Å². The van der Waals surface area contributed by atoms with E-state index in [2.05, 4.69) is 19.3 Å². The molecule has 0 radical (unpaired) electrons. The number of carbonyl (C=O) groups is 1. The van der Waals surface area contributed by atoms with E-state index in [1.165, 1.54) is 11.5 Å². The van der Waals surface area contributed by atoms with E-state index >= 15 is 0 Å². The molecular formula is C15H12N4O2S. The monoisotopic (exact) mass is 312 g/mol. The second-order valence-electron chi connectivity index (χ2n) is 4.50. The lowest BCUT2D eigenvalue weighted by Gasteiger charge is -2.05. The van der Waals surface area contributed by atoms with Gasteiger partial charge in [-0.25, -0.2) is 4.98 Å². The van der Waals surface area contributed by atoms with Gasteiger partial charge in [-0.2, -0.15) is 4.37 Å². The Labute approximate surface area is 131 Å². The molecule has 7 heteroatoms. The summed E-state index contributed by atoms with van der Waals surface area (Å²) in [6.45, 7) is 1.80. The van der Waals surface area contributed by atoms with Crippen LogP contribution in [-0.2, 0) is 6.42 Å². The minimum Gasteiger partial charge on any atom is -0.456 e. The van der Waals surface area contributed by atoms with E-state index < -0.39 is 0 Å². The minimum absolute atomic E-state index is 0.118. The van der Waals surface area contributed by atoms with Crippen LogP contribution in [0.15, 0.2) is 42.9 Å². The third kappa shape index (κ3) is 3.50. The van der Waals surface area contributed by atoms with Crippen LogP contribution < -0.4 is 4.74 Å². The molecule has 0 fully saturated rings. The van der Waals surface area contributed by atoms with Crippen LogP contribution in [0.3, 0.4) is 0 Å². The standard InChI is InChI=1S/C15H12N4O2S/c1-10-18-15(22-19-10)8-14(20)13-7-11(4-6-17-13)21-12-3-2-5-16-9-12/h2-7,9H,8H2,1H3. The first-order valence-corrected chi connectivity index (χ1v) is 7.34. The van der Waals surface area contributed by atoms with Crippen LogP contribution in [0.2, 0.25) is 0 Å². The number of carbonyl (C=O) groups excluding carboxylic acids is 1. The van der Waals surface area contributed by atoms with Gasteiger partial charge in [0.15, 0.2) is 5.78 Å². The van der Waals surface area contributed by atoms with Crippen molar-refractivity contribution in [1.29, 1.82) is 0 Å². The maximum atomic E-state index is 12.2. The predicted molar refractivity (Wildman–Crippen MR) is 81.2 cm³/mol. The van der Waals surface area contributed by atoms with Crippen molar-refractivity contribution in [1.82, 2.24) is 19.3 Å². The summed E-state index contributed by atoms with van der Waals surface area (Å²) >= 11 is 1.23. The summed E-state index contributed by atoms with van der Waals surface area (Å²) in [4.78, 5) is 24.5. The van der Waals surface area contributed by atoms with Crippen molar-refractivity contribution in [2.75, 3.05) is 0 Å². The molecule has 0 aliphatic heterocycles. The van der Waals surface area contributed by atoms with Gasteiger partial charge in [0.2, 0.25) is 0 Å². The zero-order chi connectivity index (χ0) is 15.4. The van der Waals surface area contributed by atoms with Crippen LogP contribution in [0.1, 0.15) is 21.3 Å². The molecule has 0 aromatic carbocycles. The van der Waals surface area contributed by atoms with E-state index in [0.29, 0.717) is 28.0 Å². The number of nitrogens with zero attached hydrogens (tertiary/aromatic N) is 4. The molecule has 3 heterocycles. The molecule has 0 atom stereocenters. The number of Topliss-reactive ketones (excluding diaryl/α,β-unsaturated/α-hetero) is 1. The number of aryl methyl sites for hydroxylation is 1. The Kier molecular flexibility index (Phi) is 4.15. The van der Waals surface area contributed by atoms with E-state index in [0.717, 1.165) is 0 Å². The summed E-state index contributed by atoms with van der Waals surface area (Å²) in [7, 11) is 0. The van der Waals surface area contributed by atoms with Crippen LogP contribution in [0.25, 0.3) is 0 Å².